The fourth-order valence-corrected chi connectivity index (χ4v) is 5.38. The average Bonchev–Trinajstić information content (AvgIpc) is 2.35. The number of rotatable bonds is 6. The summed E-state index contributed by atoms with van der Waals surface area (Å²) in [5, 5.41) is 11.5. The van der Waals surface area contributed by atoms with E-state index >= 15 is 0 Å². The molecule has 4 N–H and O–H groups in total. The van der Waals surface area contributed by atoms with Crippen molar-refractivity contribution in [3.63, 3.8) is 0 Å². The van der Waals surface area contributed by atoms with Crippen molar-refractivity contribution in [1.82, 2.24) is 5.32 Å². The summed E-state index contributed by atoms with van der Waals surface area (Å²) in [6.07, 6.45) is 6.44. The van der Waals surface area contributed by atoms with E-state index in [1.54, 1.807) is 0 Å². The van der Waals surface area contributed by atoms with Gasteiger partial charge in [-0.05, 0) is 17.9 Å². The third kappa shape index (κ3) is 5.09. The van der Waals surface area contributed by atoms with Gasteiger partial charge in [-0.25, -0.2) is 4.79 Å². The highest BCUT2D eigenvalue weighted by molar-refractivity contribution is 6.77. The van der Waals surface area contributed by atoms with E-state index in [0.29, 0.717) is 18.0 Å². The number of hydrogen-bond donors (Lipinski definition) is 3. The summed E-state index contributed by atoms with van der Waals surface area (Å²) in [5.74, 6) is 0.670. The Morgan fingerprint density at radius 2 is 1.90 bits per heavy atom. The first kappa shape index (κ1) is 17.5. The van der Waals surface area contributed by atoms with Crippen LogP contribution in [0.15, 0.2) is 0 Å². The number of nitrogens with one attached hydrogen (secondary N) is 1. The van der Waals surface area contributed by atoms with Crippen LogP contribution in [0.2, 0.25) is 25.2 Å². The Labute approximate surface area is 124 Å². The fraction of sp³-hybridized carbons (Fsp3) is 0.933. The fourth-order valence-electron chi connectivity index (χ4n) is 3.43. The second-order valence-corrected chi connectivity index (χ2v) is 13.3. The highest BCUT2D eigenvalue weighted by Gasteiger charge is 2.41. The van der Waals surface area contributed by atoms with Crippen molar-refractivity contribution in [2.45, 2.75) is 76.2 Å². The van der Waals surface area contributed by atoms with Crippen LogP contribution in [0.3, 0.4) is 0 Å². The number of carbonyl (C=O) groups is 1. The van der Waals surface area contributed by atoms with Gasteiger partial charge < -0.3 is 16.2 Å². The molecule has 1 rings (SSSR count). The molecular weight excluding hydrogens is 268 g/mol. The second kappa shape index (κ2) is 6.94. The molecule has 5 heteroatoms. The zero-order valence-electron chi connectivity index (χ0n) is 13.5. The predicted molar refractivity (Wildman–Crippen MR) is 86.9 cm³/mol. The van der Waals surface area contributed by atoms with Gasteiger partial charge in [-0.3, -0.25) is 0 Å². The molecule has 0 aliphatic heterocycles. The number of nitrogens with two attached hydrogens (primary N) is 1. The molecule has 1 aliphatic carbocycles. The lowest BCUT2D eigenvalue weighted by molar-refractivity contribution is 0.185. The van der Waals surface area contributed by atoms with Crippen LogP contribution in [0.5, 0.6) is 0 Å². The molecule has 1 saturated carbocycles. The van der Waals surface area contributed by atoms with Crippen molar-refractivity contribution < 1.29 is 9.90 Å². The van der Waals surface area contributed by atoms with E-state index in [1.807, 2.05) is 0 Å². The molecule has 0 radical (unpaired) electrons. The van der Waals surface area contributed by atoms with Gasteiger partial charge in [0.05, 0.1) is 0 Å². The van der Waals surface area contributed by atoms with Gasteiger partial charge in [-0.1, -0.05) is 58.7 Å². The summed E-state index contributed by atoms with van der Waals surface area (Å²) in [7, 11) is -1.41. The van der Waals surface area contributed by atoms with Crippen molar-refractivity contribution in [1.29, 1.82) is 0 Å². The summed E-state index contributed by atoms with van der Waals surface area (Å²) in [4.78, 5) is 10.9. The lowest BCUT2D eigenvalue weighted by Crippen LogP contribution is -2.58. The maximum absolute atomic E-state index is 10.9. The SMILES string of the molecule is CC(C(N)(CNC(=O)O)CC1CCCCC1)[Si](C)(C)C. The molecule has 2 atom stereocenters. The van der Waals surface area contributed by atoms with Crippen molar-refractivity contribution in [2.75, 3.05) is 6.54 Å². The zero-order chi connectivity index (χ0) is 15.4. The van der Waals surface area contributed by atoms with Crippen LogP contribution in [0, 0.1) is 5.92 Å². The molecule has 4 nitrogen and oxygen atoms in total. The highest BCUT2D eigenvalue weighted by atomic mass is 28.3. The van der Waals surface area contributed by atoms with E-state index in [9.17, 15) is 4.79 Å². The Morgan fingerprint density at radius 3 is 2.35 bits per heavy atom. The third-order valence-corrected chi connectivity index (χ3v) is 8.30. The van der Waals surface area contributed by atoms with Crippen LogP contribution in [0.25, 0.3) is 0 Å². The molecule has 0 aromatic carbocycles. The topological polar surface area (TPSA) is 75.3 Å². The predicted octanol–water partition coefficient (Wildman–Crippen LogP) is 3.65. The van der Waals surface area contributed by atoms with Gasteiger partial charge in [0.1, 0.15) is 0 Å². The molecule has 20 heavy (non-hydrogen) atoms. The van der Waals surface area contributed by atoms with Crippen molar-refractivity contribution in [2.24, 2.45) is 11.7 Å². The van der Waals surface area contributed by atoms with Gasteiger partial charge in [0, 0.05) is 20.2 Å². The number of amides is 1. The summed E-state index contributed by atoms with van der Waals surface area (Å²) in [6, 6.07) is 0. The summed E-state index contributed by atoms with van der Waals surface area (Å²) < 4.78 is 0. The molecule has 0 bridgehead atoms. The molecule has 2 unspecified atom stereocenters. The Bertz CT molecular complexity index is 324. The van der Waals surface area contributed by atoms with Crippen molar-refractivity contribution >= 4 is 14.2 Å². The molecule has 1 amide bonds. The Hall–Kier alpha value is -0.553. The van der Waals surface area contributed by atoms with Crippen LogP contribution in [-0.2, 0) is 0 Å². The molecule has 0 heterocycles. The lowest BCUT2D eigenvalue weighted by atomic mass is 9.78. The smallest absolute Gasteiger partial charge is 0.404 e. The van der Waals surface area contributed by atoms with Crippen molar-refractivity contribution in [3.8, 4) is 0 Å². The number of hydrogen-bond acceptors (Lipinski definition) is 2. The first-order chi connectivity index (χ1) is 9.15. The molecule has 118 valence electrons. The summed E-state index contributed by atoms with van der Waals surface area (Å²) in [6.45, 7) is 9.56. The van der Waals surface area contributed by atoms with E-state index in [2.05, 4.69) is 31.9 Å². The van der Waals surface area contributed by atoms with Crippen LogP contribution in [0.1, 0.15) is 45.4 Å². The first-order valence-electron chi connectivity index (χ1n) is 7.91. The normalized spacial score (nSPS) is 22.1. The molecule has 0 aromatic rings. The molecular formula is C15H32N2O2Si. The standard InChI is InChI=1S/C15H32N2O2Si/c1-12(20(2,3)4)15(16,11-17-14(18)19)10-13-8-6-5-7-9-13/h12-13,17H,5-11,16H2,1-4H3,(H,18,19). The largest absolute Gasteiger partial charge is 0.465 e. The lowest BCUT2D eigenvalue weighted by Gasteiger charge is -2.44. The van der Waals surface area contributed by atoms with Gasteiger partial charge in [-0.2, -0.15) is 0 Å². The summed E-state index contributed by atoms with van der Waals surface area (Å²) >= 11 is 0. The molecule has 1 fully saturated rings. The minimum absolute atomic E-state index is 0.379. The van der Waals surface area contributed by atoms with Crippen LogP contribution < -0.4 is 11.1 Å². The quantitative estimate of drug-likeness (QED) is 0.655. The molecule has 0 aromatic heterocycles. The van der Waals surface area contributed by atoms with Gasteiger partial charge in [-0.15, -0.1) is 0 Å². The monoisotopic (exact) mass is 300 g/mol. The van der Waals surface area contributed by atoms with Gasteiger partial charge in [0.2, 0.25) is 0 Å². The average molecular weight is 301 g/mol. The first-order valence-corrected chi connectivity index (χ1v) is 11.5. The van der Waals surface area contributed by atoms with Gasteiger partial charge in [0.25, 0.3) is 0 Å². The Balaban J connectivity index is 2.78. The molecule has 0 saturated heterocycles. The number of carboxylic acid groups (broad SMARTS) is 1. The van der Waals surface area contributed by atoms with Crippen LogP contribution >= 0.6 is 0 Å². The molecule has 0 spiro atoms. The van der Waals surface area contributed by atoms with Gasteiger partial charge in [0.15, 0.2) is 0 Å². The Kier molecular flexibility index (Phi) is 6.07. The third-order valence-electron chi connectivity index (χ3n) is 5.12. The second-order valence-electron chi connectivity index (χ2n) is 7.69. The van der Waals surface area contributed by atoms with Crippen molar-refractivity contribution in [3.05, 3.63) is 0 Å². The van der Waals surface area contributed by atoms with E-state index in [-0.39, 0.29) is 0 Å². The van der Waals surface area contributed by atoms with E-state index in [0.717, 1.165) is 6.42 Å². The highest BCUT2D eigenvalue weighted by Crippen LogP contribution is 2.38. The van der Waals surface area contributed by atoms with Crippen LogP contribution in [0.4, 0.5) is 4.79 Å². The van der Waals surface area contributed by atoms with Crippen LogP contribution in [-0.4, -0.2) is 31.4 Å². The van der Waals surface area contributed by atoms with E-state index in [1.165, 1.54) is 32.1 Å². The maximum Gasteiger partial charge on any atom is 0.404 e. The minimum atomic E-state index is -1.41. The summed E-state index contributed by atoms with van der Waals surface area (Å²) in [5.41, 5.74) is 6.71. The van der Waals surface area contributed by atoms with E-state index < -0.39 is 19.7 Å². The zero-order valence-corrected chi connectivity index (χ0v) is 14.5. The van der Waals surface area contributed by atoms with Gasteiger partial charge >= 0.3 is 6.09 Å². The van der Waals surface area contributed by atoms with E-state index in [4.69, 9.17) is 10.8 Å². The molecule has 1 aliphatic rings. The Morgan fingerprint density at radius 1 is 1.35 bits per heavy atom. The minimum Gasteiger partial charge on any atom is -0.465 e. The maximum atomic E-state index is 10.9.